The summed E-state index contributed by atoms with van der Waals surface area (Å²) >= 11 is 6.11. The fourth-order valence-electron chi connectivity index (χ4n) is 2.21. The van der Waals surface area contributed by atoms with Crippen molar-refractivity contribution in [3.63, 3.8) is 0 Å². The minimum Gasteiger partial charge on any atom is -0.495 e. The second-order valence-corrected chi connectivity index (χ2v) is 5.70. The number of aryl methyl sites for hydroxylation is 1. The Labute approximate surface area is 149 Å². The van der Waals surface area contributed by atoms with Gasteiger partial charge in [0.2, 0.25) is 0 Å². The number of halogens is 1. The molecule has 0 radical (unpaired) electrons. The first-order valence-electron chi connectivity index (χ1n) is 7.49. The zero-order valence-corrected chi connectivity index (χ0v) is 14.4. The first kappa shape index (κ1) is 16.9. The summed E-state index contributed by atoms with van der Waals surface area (Å²) in [5, 5.41) is 6.52. The largest absolute Gasteiger partial charge is 0.495 e. The van der Waals surface area contributed by atoms with E-state index in [4.69, 9.17) is 20.8 Å². The Kier molecular flexibility index (Phi) is 4.90. The standard InChI is InChI=1S/C18H16ClN3O3/c1-11-8-14(16(24-2)9-13(11)19)21-12-5-6-17(20-10-12)22-18(23)15-4-3-7-25-15/h3-10,21H,1-2H3,(H,20,22,23). The van der Waals surface area contributed by atoms with Crippen molar-refractivity contribution < 1.29 is 13.9 Å². The number of ether oxygens (including phenoxy) is 1. The maximum atomic E-state index is 11.9. The highest BCUT2D eigenvalue weighted by atomic mass is 35.5. The SMILES string of the molecule is COc1cc(Cl)c(C)cc1Nc1ccc(NC(=O)c2ccco2)nc1. The van der Waals surface area contributed by atoms with Crippen LogP contribution in [-0.4, -0.2) is 18.0 Å². The summed E-state index contributed by atoms with van der Waals surface area (Å²) in [4.78, 5) is 16.1. The van der Waals surface area contributed by atoms with E-state index in [1.165, 1.54) is 6.26 Å². The predicted octanol–water partition coefficient (Wildman–Crippen LogP) is 4.64. The molecule has 0 aliphatic heterocycles. The Morgan fingerprint density at radius 2 is 2.12 bits per heavy atom. The smallest absolute Gasteiger partial charge is 0.292 e. The average molecular weight is 358 g/mol. The number of hydrogen-bond acceptors (Lipinski definition) is 5. The highest BCUT2D eigenvalue weighted by molar-refractivity contribution is 6.31. The number of nitrogens with zero attached hydrogens (tertiary/aromatic N) is 1. The van der Waals surface area contributed by atoms with Crippen molar-refractivity contribution in [2.75, 3.05) is 17.7 Å². The number of rotatable bonds is 5. The Morgan fingerprint density at radius 3 is 2.76 bits per heavy atom. The highest BCUT2D eigenvalue weighted by Gasteiger charge is 2.10. The minimum atomic E-state index is -0.354. The van der Waals surface area contributed by atoms with E-state index in [1.807, 2.05) is 13.0 Å². The van der Waals surface area contributed by atoms with Crippen LogP contribution in [0.3, 0.4) is 0 Å². The Morgan fingerprint density at radius 1 is 1.28 bits per heavy atom. The molecule has 2 heterocycles. The van der Waals surface area contributed by atoms with E-state index in [-0.39, 0.29) is 11.7 Å². The first-order chi connectivity index (χ1) is 12.1. The molecule has 0 unspecified atom stereocenters. The van der Waals surface area contributed by atoms with Crippen LogP contribution in [0, 0.1) is 6.92 Å². The first-order valence-corrected chi connectivity index (χ1v) is 7.86. The van der Waals surface area contributed by atoms with Crippen LogP contribution in [0.5, 0.6) is 5.75 Å². The summed E-state index contributed by atoms with van der Waals surface area (Å²) in [7, 11) is 1.58. The van der Waals surface area contributed by atoms with E-state index in [1.54, 1.807) is 43.6 Å². The predicted molar refractivity (Wildman–Crippen MR) is 96.9 cm³/mol. The van der Waals surface area contributed by atoms with Gasteiger partial charge in [-0.3, -0.25) is 4.79 Å². The van der Waals surface area contributed by atoms with Gasteiger partial charge in [0.05, 0.1) is 30.9 Å². The van der Waals surface area contributed by atoms with Gasteiger partial charge in [0, 0.05) is 11.1 Å². The van der Waals surface area contributed by atoms with E-state index >= 15 is 0 Å². The van der Waals surface area contributed by atoms with Crippen molar-refractivity contribution in [1.82, 2.24) is 4.98 Å². The number of carbonyl (C=O) groups excluding carboxylic acids is 1. The second-order valence-electron chi connectivity index (χ2n) is 5.29. The minimum absolute atomic E-state index is 0.227. The quantitative estimate of drug-likeness (QED) is 0.695. The van der Waals surface area contributed by atoms with Gasteiger partial charge in [-0.1, -0.05) is 11.6 Å². The third kappa shape index (κ3) is 3.92. The van der Waals surface area contributed by atoms with Gasteiger partial charge in [0.1, 0.15) is 11.6 Å². The van der Waals surface area contributed by atoms with Crippen LogP contribution in [0.15, 0.2) is 53.3 Å². The summed E-state index contributed by atoms with van der Waals surface area (Å²) in [6.45, 7) is 1.92. The Hall–Kier alpha value is -2.99. The molecule has 25 heavy (non-hydrogen) atoms. The summed E-state index contributed by atoms with van der Waals surface area (Å²) < 4.78 is 10.4. The van der Waals surface area contributed by atoms with Crippen LogP contribution >= 0.6 is 11.6 Å². The fraction of sp³-hybridized carbons (Fsp3) is 0.111. The van der Waals surface area contributed by atoms with Crippen molar-refractivity contribution in [2.45, 2.75) is 6.92 Å². The molecular formula is C18H16ClN3O3. The molecule has 0 saturated heterocycles. The number of aromatic nitrogens is 1. The zero-order chi connectivity index (χ0) is 17.8. The van der Waals surface area contributed by atoms with Gasteiger partial charge in [-0.25, -0.2) is 4.98 Å². The fourth-order valence-corrected chi connectivity index (χ4v) is 2.37. The molecule has 2 aromatic heterocycles. The van der Waals surface area contributed by atoms with E-state index in [0.29, 0.717) is 16.6 Å². The van der Waals surface area contributed by atoms with Gasteiger partial charge >= 0.3 is 0 Å². The number of anilines is 3. The van der Waals surface area contributed by atoms with E-state index in [0.717, 1.165) is 16.9 Å². The zero-order valence-electron chi connectivity index (χ0n) is 13.7. The number of hydrogen-bond donors (Lipinski definition) is 2. The second kappa shape index (κ2) is 7.27. The molecular weight excluding hydrogens is 342 g/mol. The molecule has 0 aliphatic rings. The summed E-state index contributed by atoms with van der Waals surface area (Å²) in [6.07, 6.45) is 3.05. The lowest BCUT2D eigenvalue weighted by Crippen LogP contribution is -2.11. The molecule has 2 N–H and O–H groups in total. The number of carbonyl (C=O) groups is 1. The van der Waals surface area contributed by atoms with E-state index in [9.17, 15) is 4.79 Å². The maximum Gasteiger partial charge on any atom is 0.292 e. The molecule has 0 spiro atoms. The van der Waals surface area contributed by atoms with Gasteiger partial charge in [-0.15, -0.1) is 0 Å². The molecule has 1 amide bonds. The van der Waals surface area contributed by atoms with Crippen molar-refractivity contribution in [3.05, 3.63) is 65.2 Å². The van der Waals surface area contributed by atoms with Crippen LogP contribution in [-0.2, 0) is 0 Å². The molecule has 0 saturated carbocycles. The Balaban J connectivity index is 1.73. The third-order valence-corrected chi connectivity index (χ3v) is 3.92. The number of pyridine rings is 1. The molecule has 128 valence electrons. The lowest BCUT2D eigenvalue weighted by Gasteiger charge is -2.13. The maximum absolute atomic E-state index is 11.9. The molecule has 6 nitrogen and oxygen atoms in total. The lowest BCUT2D eigenvalue weighted by atomic mass is 10.2. The van der Waals surface area contributed by atoms with Gasteiger partial charge in [-0.2, -0.15) is 0 Å². The molecule has 0 bridgehead atoms. The third-order valence-electron chi connectivity index (χ3n) is 3.51. The molecule has 0 aliphatic carbocycles. The van der Waals surface area contributed by atoms with Gasteiger partial charge in [-0.05, 0) is 42.8 Å². The van der Waals surface area contributed by atoms with E-state index in [2.05, 4.69) is 15.6 Å². The van der Waals surface area contributed by atoms with Crippen LogP contribution in [0.25, 0.3) is 0 Å². The molecule has 0 fully saturated rings. The van der Waals surface area contributed by atoms with Crippen LogP contribution < -0.4 is 15.4 Å². The lowest BCUT2D eigenvalue weighted by molar-refractivity contribution is 0.0996. The molecule has 0 atom stereocenters. The van der Waals surface area contributed by atoms with Gasteiger partial charge in [0.25, 0.3) is 5.91 Å². The normalized spacial score (nSPS) is 10.4. The molecule has 3 rings (SSSR count). The van der Waals surface area contributed by atoms with Gasteiger partial charge in [0.15, 0.2) is 5.76 Å². The van der Waals surface area contributed by atoms with Crippen LogP contribution in [0.2, 0.25) is 5.02 Å². The van der Waals surface area contributed by atoms with Crippen molar-refractivity contribution >= 4 is 34.7 Å². The molecule has 1 aromatic carbocycles. The summed E-state index contributed by atoms with van der Waals surface area (Å²) in [5.41, 5.74) is 2.45. The van der Waals surface area contributed by atoms with Crippen molar-refractivity contribution in [3.8, 4) is 5.75 Å². The average Bonchev–Trinajstić information content (AvgIpc) is 3.14. The van der Waals surface area contributed by atoms with Crippen LogP contribution in [0.4, 0.5) is 17.2 Å². The summed E-state index contributed by atoms with van der Waals surface area (Å²) in [5.74, 6) is 0.926. The number of amides is 1. The number of benzene rings is 1. The van der Waals surface area contributed by atoms with E-state index < -0.39 is 0 Å². The topological polar surface area (TPSA) is 76.4 Å². The number of methoxy groups -OCH3 is 1. The monoisotopic (exact) mass is 357 g/mol. The summed E-state index contributed by atoms with van der Waals surface area (Å²) in [6, 6.07) is 10.4. The van der Waals surface area contributed by atoms with Crippen molar-refractivity contribution in [1.29, 1.82) is 0 Å². The molecule has 3 aromatic rings. The van der Waals surface area contributed by atoms with Gasteiger partial charge < -0.3 is 19.8 Å². The van der Waals surface area contributed by atoms with Crippen molar-refractivity contribution in [2.24, 2.45) is 0 Å². The number of nitrogens with one attached hydrogen (secondary N) is 2. The number of furan rings is 1. The highest BCUT2D eigenvalue weighted by Crippen LogP contribution is 2.33. The Bertz CT molecular complexity index is 877. The molecule has 7 heteroatoms. The van der Waals surface area contributed by atoms with Crippen LogP contribution in [0.1, 0.15) is 16.1 Å².